The largest absolute Gasteiger partial charge is 0.462 e. The van der Waals surface area contributed by atoms with Gasteiger partial charge in [-0.3, -0.25) is 4.79 Å². The number of ketones is 1. The molecule has 1 aliphatic rings. The van der Waals surface area contributed by atoms with E-state index in [-0.39, 0.29) is 12.1 Å². The maximum atomic E-state index is 10.9. The van der Waals surface area contributed by atoms with E-state index in [9.17, 15) is 4.79 Å². The van der Waals surface area contributed by atoms with Crippen LogP contribution in [-0.4, -0.2) is 18.7 Å². The molecule has 0 N–H and O–H groups in total. The van der Waals surface area contributed by atoms with Gasteiger partial charge in [-0.15, -0.1) is 0 Å². The van der Waals surface area contributed by atoms with Crippen molar-refractivity contribution in [3.05, 3.63) is 29.8 Å². The van der Waals surface area contributed by atoms with Gasteiger partial charge in [-0.2, -0.15) is 0 Å². The zero-order valence-corrected chi connectivity index (χ0v) is 7.32. The Bertz CT molecular complexity index is 311. The molecule has 3 heteroatoms. The van der Waals surface area contributed by atoms with Crippen LogP contribution in [0.15, 0.2) is 24.3 Å². The van der Waals surface area contributed by atoms with E-state index in [0.29, 0.717) is 12.2 Å². The molecule has 1 atom stereocenters. The number of Topliss-reactive ketones (excluding diaryl/α,β-unsaturated/α-hetero) is 1. The second-order valence-corrected chi connectivity index (χ2v) is 2.96. The molecule has 1 aromatic carbocycles. The highest BCUT2D eigenvalue weighted by molar-refractivity contribution is 5.94. The normalized spacial score (nSPS) is 19.6. The average molecular weight is 178 g/mol. The van der Waals surface area contributed by atoms with Gasteiger partial charge in [0.1, 0.15) is 12.4 Å². The monoisotopic (exact) mass is 178 g/mol. The molecule has 1 heterocycles. The Labute approximate surface area is 76.3 Å². The van der Waals surface area contributed by atoms with E-state index < -0.39 is 0 Å². The second kappa shape index (κ2) is 3.18. The van der Waals surface area contributed by atoms with Gasteiger partial charge in [0.05, 0.1) is 0 Å². The van der Waals surface area contributed by atoms with E-state index in [2.05, 4.69) is 0 Å². The van der Waals surface area contributed by atoms with Crippen molar-refractivity contribution in [3.63, 3.8) is 0 Å². The maximum Gasteiger partial charge on any atom is 0.223 e. The van der Waals surface area contributed by atoms with Gasteiger partial charge in [0.2, 0.25) is 6.29 Å². The minimum absolute atomic E-state index is 0.0641. The Hall–Kier alpha value is -1.35. The third kappa shape index (κ3) is 2.06. The van der Waals surface area contributed by atoms with Crippen molar-refractivity contribution in [3.8, 4) is 5.75 Å². The van der Waals surface area contributed by atoms with E-state index in [1.807, 2.05) is 0 Å². The Kier molecular flexibility index (Phi) is 2.02. The molecule has 2 rings (SSSR count). The first-order chi connectivity index (χ1) is 6.25. The van der Waals surface area contributed by atoms with Gasteiger partial charge >= 0.3 is 0 Å². The molecule has 68 valence electrons. The summed E-state index contributed by atoms with van der Waals surface area (Å²) in [5.74, 6) is 0.807. The predicted octanol–water partition coefficient (Wildman–Crippen LogP) is 1.62. The first-order valence-electron chi connectivity index (χ1n) is 4.15. The molecule has 0 aliphatic carbocycles. The van der Waals surface area contributed by atoms with Crippen LogP contribution in [0.25, 0.3) is 0 Å². The minimum atomic E-state index is -0.0804. The molecule has 1 aliphatic heterocycles. The molecule has 3 nitrogen and oxygen atoms in total. The van der Waals surface area contributed by atoms with Gasteiger partial charge < -0.3 is 9.47 Å². The standard InChI is InChI=1S/C10H10O3/c1-7(11)8-2-4-9(5-3-8)13-10-6-12-10/h2-5,10H,6H2,1H3/t10-/m0/s1. The number of rotatable bonds is 3. The smallest absolute Gasteiger partial charge is 0.223 e. The molecule has 0 radical (unpaired) electrons. The number of hydrogen-bond donors (Lipinski definition) is 0. The first-order valence-corrected chi connectivity index (χ1v) is 4.15. The fraction of sp³-hybridized carbons (Fsp3) is 0.300. The van der Waals surface area contributed by atoms with E-state index in [1.54, 1.807) is 31.2 Å². The van der Waals surface area contributed by atoms with E-state index in [0.717, 1.165) is 5.75 Å². The highest BCUT2D eigenvalue weighted by atomic mass is 16.8. The molecule has 0 spiro atoms. The first kappa shape index (κ1) is 8.26. The van der Waals surface area contributed by atoms with E-state index in [4.69, 9.17) is 9.47 Å². The third-order valence-electron chi connectivity index (χ3n) is 1.83. The number of epoxide rings is 1. The lowest BCUT2D eigenvalue weighted by molar-refractivity contribution is 0.101. The lowest BCUT2D eigenvalue weighted by Gasteiger charge is -2.01. The van der Waals surface area contributed by atoms with Gasteiger partial charge in [0.15, 0.2) is 5.78 Å². The van der Waals surface area contributed by atoms with Crippen LogP contribution in [0.4, 0.5) is 0 Å². The van der Waals surface area contributed by atoms with Crippen molar-refractivity contribution in [1.82, 2.24) is 0 Å². The van der Waals surface area contributed by atoms with Gasteiger partial charge in [0, 0.05) is 5.56 Å². The van der Waals surface area contributed by atoms with Crippen molar-refractivity contribution < 1.29 is 14.3 Å². The van der Waals surface area contributed by atoms with Crippen LogP contribution in [-0.2, 0) is 4.74 Å². The molecular formula is C10H10O3. The minimum Gasteiger partial charge on any atom is -0.462 e. The number of hydrogen-bond acceptors (Lipinski definition) is 3. The number of carbonyl (C=O) groups is 1. The molecule has 0 aromatic heterocycles. The van der Waals surface area contributed by atoms with E-state index in [1.165, 1.54) is 0 Å². The quantitative estimate of drug-likeness (QED) is 0.521. The van der Waals surface area contributed by atoms with Crippen LogP contribution < -0.4 is 4.74 Å². The van der Waals surface area contributed by atoms with Crippen LogP contribution >= 0.6 is 0 Å². The Balaban J connectivity index is 2.08. The van der Waals surface area contributed by atoms with Gasteiger partial charge in [-0.05, 0) is 31.2 Å². The van der Waals surface area contributed by atoms with Crippen molar-refractivity contribution in [2.24, 2.45) is 0 Å². The van der Waals surface area contributed by atoms with Crippen molar-refractivity contribution in [2.45, 2.75) is 13.2 Å². The molecule has 0 unspecified atom stereocenters. The Morgan fingerprint density at radius 2 is 2.08 bits per heavy atom. The highest BCUT2D eigenvalue weighted by Crippen LogP contribution is 2.19. The molecular weight excluding hydrogens is 168 g/mol. The van der Waals surface area contributed by atoms with E-state index >= 15 is 0 Å². The molecule has 1 aromatic rings. The summed E-state index contributed by atoms with van der Waals surface area (Å²) in [6.45, 7) is 2.20. The van der Waals surface area contributed by atoms with Crippen LogP contribution in [0.5, 0.6) is 5.75 Å². The lowest BCUT2D eigenvalue weighted by atomic mass is 10.1. The predicted molar refractivity (Wildman–Crippen MR) is 46.8 cm³/mol. The Morgan fingerprint density at radius 1 is 1.46 bits per heavy atom. The molecule has 0 saturated carbocycles. The van der Waals surface area contributed by atoms with Gasteiger partial charge in [-0.25, -0.2) is 0 Å². The number of carbonyl (C=O) groups excluding carboxylic acids is 1. The SMILES string of the molecule is CC(=O)c1ccc(O[C@H]2CO2)cc1. The summed E-state index contributed by atoms with van der Waals surface area (Å²) in [6, 6.07) is 7.05. The maximum absolute atomic E-state index is 10.9. The summed E-state index contributed by atoms with van der Waals surface area (Å²) in [4.78, 5) is 10.9. The van der Waals surface area contributed by atoms with Crippen molar-refractivity contribution in [1.29, 1.82) is 0 Å². The zero-order chi connectivity index (χ0) is 9.26. The topological polar surface area (TPSA) is 38.8 Å². The van der Waals surface area contributed by atoms with Gasteiger partial charge in [-0.1, -0.05) is 0 Å². The van der Waals surface area contributed by atoms with Crippen LogP contribution in [0.3, 0.4) is 0 Å². The van der Waals surface area contributed by atoms with Gasteiger partial charge in [0.25, 0.3) is 0 Å². The fourth-order valence-corrected chi connectivity index (χ4v) is 1.03. The summed E-state index contributed by atoms with van der Waals surface area (Å²) in [6.07, 6.45) is -0.0804. The molecule has 1 fully saturated rings. The summed E-state index contributed by atoms with van der Waals surface area (Å²) in [5.41, 5.74) is 0.698. The van der Waals surface area contributed by atoms with Crippen LogP contribution in [0.2, 0.25) is 0 Å². The Morgan fingerprint density at radius 3 is 2.54 bits per heavy atom. The molecule has 0 amide bonds. The van der Waals surface area contributed by atoms with Crippen LogP contribution in [0, 0.1) is 0 Å². The summed E-state index contributed by atoms with van der Waals surface area (Å²) in [5, 5.41) is 0. The summed E-state index contributed by atoms with van der Waals surface area (Å²) in [7, 11) is 0. The summed E-state index contributed by atoms with van der Waals surface area (Å²) >= 11 is 0. The molecule has 13 heavy (non-hydrogen) atoms. The average Bonchev–Trinajstić information content (AvgIpc) is 2.89. The second-order valence-electron chi connectivity index (χ2n) is 2.96. The summed E-state index contributed by atoms with van der Waals surface area (Å²) < 4.78 is 10.2. The lowest BCUT2D eigenvalue weighted by Crippen LogP contribution is -1.98. The molecule has 1 saturated heterocycles. The zero-order valence-electron chi connectivity index (χ0n) is 7.32. The fourth-order valence-electron chi connectivity index (χ4n) is 1.03. The van der Waals surface area contributed by atoms with Crippen LogP contribution in [0.1, 0.15) is 17.3 Å². The van der Waals surface area contributed by atoms with Crippen molar-refractivity contribution in [2.75, 3.05) is 6.61 Å². The molecule has 0 bridgehead atoms. The number of benzene rings is 1. The van der Waals surface area contributed by atoms with Crippen molar-refractivity contribution >= 4 is 5.78 Å². The number of ether oxygens (including phenoxy) is 2. The highest BCUT2D eigenvalue weighted by Gasteiger charge is 2.24. The third-order valence-corrected chi connectivity index (χ3v) is 1.83.